The van der Waals surface area contributed by atoms with Crippen LogP contribution in [0.1, 0.15) is 10.4 Å². The molecule has 4 N–H and O–H groups in total. The van der Waals surface area contributed by atoms with Crippen molar-refractivity contribution in [1.29, 1.82) is 0 Å². The summed E-state index contributed by atoms with van der Waals surface area (Å²) in [6.45, 7) is 4.22. The molecule has 1 aromatic rings. The van der Waals surface area contributed by atoms with Crippen molar-refractivity contribution in [2.24, 2.45) is 0 Å². The molecule has 0 bridgehead atoms. The van der Waals surface area contributed by atoms with Crippen LogP contribution in [0.3, 0.4) is 0 Å². The van der Waals surface area contributed by atoms with E-state index in [2.05, 4.69) is 11.9 Å². The standard InChI is InChI=1S/C12H15FN2O2S/c1-2-4-18-5-3-15-11-7-9(13)8(12(16)17)6-10(11)14/h2,6-7,15H,1,3-5,14H2,(H,16,17). The molecule has 0 fully saturated rings. The summed E-state index contributed by atoms with van der Waals surface area (Å²) in [7, 11) is 0. The lowest BCUT2D eigenvalue weighted by Gasteiger charge is -2.10. The van der Waals surface area contributed by atoms with E-state index in [0.29, 0.717) is 12.2 Å². The highest BCUT2D eigenvalue weighted by molar-refractivity contribution is 7.99. The van der Waals surface area contributed by atoms with Crippen LogP contribution in [0, 0.1) is 5.82 Å². The first-order valence-corrected chi connectivity index (χ1v) is 6.46. The van der Waals surface area contributed by atoms with Crippen LogP contribution in [0.15, 0.2) is 24.8 Å². The molecule has 0 amide bonds. The highest BCUT2D eigenvalue weighted by Gasteiger charge is 2.13. The number of hydrogen-bond acceptors (Lipinski definition) is 4. The minimum Gasteiger partial charge on any atom is -0.478 e. The minimum atomic E-state index is -1.33. The van der Waals surface area contributed by atoms with E-state index in [0.717, 1.165) is 23.6 Å². The normalized spacial score (nSPS) is 10.1. The average Bonchev–Trinajstić information content (AvgIpc) is 2.32. The Bertz CT molecular complexity index is 452. The van der Waals surface area contributed by atoms with Crippen molar-refractivity contribution in [2.75, 3.05) is 29.1 Å². The molecule has 0 saturated carbocycles. The Morgan fingerprint density at radius 2 is 2.33 bits per heavy atom. The number of carbonyl (C=O) groups is 1. The van der Waals surface area contributed by atoms with Gasteiger partial charge in [-0.15, -0.1) is 6.58 Å². The smallest absolute Gasteiger partial charge is 0.338 e. The predicted molar refractivity (Wildman–Crippen MR) is 73.8 cm³/mol. The molecule has 0 aliphatic rings. The molecule has 1 aromatic carbocycles. The summed E-state index contributed by atoms with van der Waals surface area (Å²) in [6.07, 6.45) is 1.81. The van der Waals surface area contributed by atoms with Crippen LogP contribution in [0.2, 0.25) is 0 Å². The summed E-state index contributed by atoms with van der Waals surface area (Å²) < 4.78 is 13.4. The number of hydrogen-bond donors (Lipinski definition) is 3. The van der Waals surface area contributed by atoms with Gasteiger partial charge in [0.05, 0.1) is 16.9 Å². The fourth-order valence-corrected chi connectivity index (χ4v) is 1.91. The lowest BCUT2D eigenvalue weighted by molar-refractivity contribution is 0.0692. The van der Waals surface area contributed by atoms with Gasteiger partial charge in [-0.3, -0.25) is 0 Å². The van der Waals surface area contributed by atoms with Gasteiger partial charge in [-0.1, -0.05) is 6.08 Å². The molecule has 0 aromatic heterocycles. The van der Waals surface area contributed by atoms with Gasteiger partial charge in [0, 0.05) is 18.1 Å². The lowest BCUT2D eigenvalue weighted by atomic mass is 10.1. The summed E-state index contributed by atoms with van der Waals surface area (Å²) in [5.74, 6) is -0.442. The maximum Gasteiger partial charge on any atom is 0.338 e. The molecule has 98 valence electrons. The second-order valence-corrected chi connectivity index (χ2v) is 4.66. The molecule has 18 heavy (non-hydrogen) atoms. The number of aromatic carboxylic acids is 1. The Morgan fingerprint density at radius 3 is 2.94 bits per heavy atom. The fourth-order valence-electron chi connectivity index (χ4n) is 1.33. The number of thioether (sulfide) groups is 1. The number of benzene rings is 1. The van der Waals surface area contributed by atoms with Gasteiger partial charge in [-0.25, -0.2) is 9.18 Å². The Balaban J connectivity index is 2.64. The first kappa shape index (κ1) is 14.4. The SMILES string of the molecule is C=CCSCCNc1cc(F)c(C(=O)O)cc1N. The molecule has 0 heterocycles. The van der Waals surface area contributed by atoms with E-state index in [9.17, 15) is 9.18 Å². The first-order valence-electron chi connectivity index (χ1n) is 5.31. The molecule has 1 rings (SSSR count). The zero-order chi connectivity index (χ0) is 13.5. The highest BCUT2D eigenvalue weighted by Crippen LogP contribution is 2.23. The fraction of sp³-hybridized carbons (Fsp3) is 0.250. The zero-order valence-corrected chi connectivity index (χ0v) is 10.6. The van der Waals surface area contributed by atoms with Gasteiger partial charge in [-0.05, 0) is 12.1 Å². The Kier molecular flexibility index (Phi) is 5.51. The Hall–Kier alpha value is -1.69. The van der Waals surface area contributed by atoms with E-state index in [1.54, 1.807) is 17.8 Å². The van der Waals surface area contributed by atoms with Gasteiger partial charge in [0.1, 0.15) is 5.82 Å². The van der Waals surface area contributed by atoms with Gasteiger partial charge in [0.25, 0.3) is 0 Å². The number of anilines is 2. The summed E-state index contributed by atoms with van der Waals surface area (Å²) in [6, 6.07) is 2.23. The van der Waals surface area contributed by atoms with Gasteiger partial charge < -0.3 is 16.2 Å². The van der Waals surface area contributed by atoms with Gasteiger partial charge in [0.15, 0.2) is 0 Å². The molecule has 0 saturated heterocycles. The van der Waals surface area contributed by atoms with Crippen LogP contribution in [-0.4, -0.2) is 29.1 Å². The van der Waals surface area contributed by atoms with Crippen molar-refractivity contribution >= 4 is 29.1 Å². The minimum absolute atomic E-state index is 0.225. The second kappa shape index (κ2) is 6.90. The topological polar surface area (TPSA) is 75.3 Å². The molecule has 0 unspecified atom stereocenters. The van der Waals surface area contributed by atoms with Crippen LogP contribution in [0.25, 0.3) is 0 Å². The summed E-state index contributed by atoms with van der Waals surface area (Å²) in [5, 5.41) is 11.7. The van der Waals surface area contributed by atoms with E-state index in [1.807, 2.05) is 0 Å². The number of carboxylic acid groups (broad SMARTS) is 1. The molecule has 6 heteroatoms. The van der Waals surface area contributed by atoms with Crippen molar-refractivity contribution < 1.29 is 14.3 Å². The number of rotatable bonds is 7. The molecule has 0 spiro atoms. The van der Waals surface area contributed by atoms with Crippen molar-refractivity contribution in [2.45, 2.75) is 0 Å². The van der Waals surface area contributed by atoms with Gasteiger partial charge >= 0.3 is 5.97 Å². The van der Waals surface area contributed by atoms with Crippen LogP contribution in [0.5, 0.6) is 0 Å². The van der Waals surface area contributed by atoms with Crippen LogP contribution in [-0.2, 0) is 0 Å². The third kappa shape index (κ3) is 3.96. The predicted octanol–water partition coefficient (Wildman–Crippen LogP) is 2.44. The number of nitrogens with one attached hydrogen (secondary N) is 1. The van der Waals surface area contributed by atoms with Crippen molar-refractivity contribution in [1.82, 2.24) is 0 Å². The molecule has 0 aliphatic carbocycles. The monoisotopic (exact) mass is 270 g/mol. The number of halogens is 1. The number of nitrogen functional groups attached to an aromatic ring is 1. The largest absolute Gasteiger partial charge is 0.478 e. The van der Waals surface area contributed by atoms with E-state index < -0.39 is 17.3 Å². The molecule has 4 nitrogen and oxygen atoms in total. The summed E-state index contributed by atoms with van der Waals surface area (Å²) in [5.41, 5.74) is 5.87. The average molecular weight is 270 g/mol. The number of nitrogens with two attached hydrogens (primary N) is 1. The molecular formula is C12H15FN2O2S. The third-order valence-electron chi connectivity index (χ3n) is 2.17. The maximum absolute atomic E-state index is 13.4. The first-order chi connectivity index (χ1) is 8.56. The maximum atomic E-state index is 13.4. The van der Waals surface area contributed by atoms with Crippen LogP contribution < -0.4 is 11.1 Å². The molecular weight excluding hydrogens is 255 g/mol. The highest BCUT2D eigenvalue weighted by atomic mass is 32.2. The van der Waals surface area contributed by atoms with Gasteiger partial charge in [-0.2, -0.15) is 11.8 Å². The van der Waals surface area contributed by atoms with Crippen molar-refractivity contribution in [3.05, 3.63) is 36.2 Å². The van der Waals surface area contributed by atoms with Crippen LogP contribution >= 0.6 is 11.8 Å². The Morgan fingerprint density at radius 1 is 1.61 bits per heavy atom. The van der Waals surface area contributed by atoms with Crippen molar-refractivity contribution in [3.8, 4) is 0 Å². The summed E-state index contributed by atoms with van der Waals surface area (Å²) in [4.78, 5) is 10.7. The van der Waals surface area contributed by atoms with Gasteiger partial charge in [0.2, 0.25) is 0 Å². The van der Waals surface area contributed by atoms with E-state index in [4.69, 9.17) is 10.8 Å². The zero-order valence-electron chi connectivity index (χ0n) is 9.78. The molecule has 0 radical (unpaired) electrons. The number of carboxylic acids is 1. The third-order valence-corrected chi connectivity index (χ3v) is 3.13. The second-order valence-electron chi connectivity index (χ2n) is 3.51. The summed E-state index contributed by atoms with van der Waals surface area (Å²) >= 11 is 1.68. The quantitative estimate of drug-likeness (QED) is 0.403. The van der Waals surface area contributed by atoms with E-state index >= 15 is 0 Å². The lowest BCUT2D eigenvalue weighted by Crippen LogP contribution is -2.09. The Labute approximate surface area is 109 Å². The molecule has 0 aliphatic heterocycles. The van der Waals surface area contributed by atoms with Crippen LogP contribution in [0.4, 0.5) is 15.8 Å². The van der Waals surface area contributed by atoms with E-state index in [-0.39, 0.29) is 5.69 Å². The van der Waals surface area contributed by atoms with Crippen molar-refractivity contribution in [3.63, 3.8) is 0 Å². The van der Waals surface area contributed by atoms with E-state index in [1.165, 1.54) is 0 Å². The molecule has 0 atom stereocenters.